The van der Waals surface area contributed by atoms with Crippen molar-refractivity contribution in [1.29, 1.82) is 0 Å². The fourth-order valence-electron chi connectivity index (χ4n) is 2.51. The third kappa shape index (κ3) is 3.92. The van der Waals surface area contributed by atoms with Gasteiger partial charge < -0.3 is 15.3 Å². The van der Waals surface area contributed by atoms with Gasteiger partial charge in [-0.3, -0.25) is 4.79 Å². The van der Waals surface area contributed by atoms with E-state index < -0.39 is 5.97 Å². The Balaban J connectivity index is 2.00. The molecule has 2 atom stereocenters. The van der Waals surface area contributed by atoms with E-state index in [1.165, 1.54) is 12.1 Å². The van der Waals surface area contributed by atoms with Gasteiger partial charge in [0.05, 0.1) is 0 Å². The Morgan fingerprint density at radius 3 is 2.74 bits per heavy atom. The predicted molar refractivity (Wildman–Crippen MR) is 71.9 cm³/mol. The van der Waals surface area contributed by atoms with Crippen molar-refractivity contribution in [2.24, 2.45) is 0 Å². The minimum atomic E-state index is -0.770. The summed E-state index contributed by atoms with van der Waals surface area (Å²) in [6, 6.07) is 6.88. The molecule has 0 saturated carbocycles. The minimum Gasteiger partial charge on any atom is -0.481 e. The van der Waals surface area contributed by atoms with E-state index >= 15 is 0 Å². The molecule has 2 N–H and O–H groups in total. The van der Waals surface area contributed by atoms with E-state index in [2.05, 4.69) is 17.1 Å². The Bertz CT molecular complexity index is 436. The molecule has 4 nitrogen and oxygen atoms in total. The van der Waals surface area contributed by atoms with Crippen LogP contribution in [0, 0.1) is 5.82 Å². The van der Waals surface area contributed by atoms with E-state index in [1.807, 2.05) is 0 Å². The molecule has 5 heteroatoms. The zero-order valence-electron chi connectivity index (χ0n) is 11.0. The summed E-state index contributed by atoms with van der Waals surface area (Å²) >= 11 is 0. The first-order chi connectivity index (χ1) is 9.04. The van der Waals surface area contributed by atoms with Crippen LogP contribution in [-0.2, 0) is 4.79 Å². The molecule has 19 heavy (non-hydrogen) atoms. The largest absolute Gasteiger partial charge is 0.481 e. The predicted octanol–water partition coefficient (Wildman–Crippen LogP) is 1.86. The van der Waals surface area contributed by atoms with Gasteiger partial charge in [0.1, 0.15) is 5.82 Å². The lowest BCUT2D eigenvalue weighted by Gasteiger charge is -2.39. The lowest BCUT2D eigenvalue weighted by molar-refractivity contribution is -0.137. The standard InChI is InChI=1S/C14H19FN2O2/c1-10-8-17(13-5-2-11(15)3-6-13)9-12(16-10)4-7-14(18)19/h2-3,5-6,10,12,16H,4,7-9H2,1H3,(H,18,19). The van der Waals surface area contributed by atoms with Crippen LogP contribution in [-0.4, -0.2) is 36.2 Å². The molecule has 1 heterocycles. The summed E-state index contributed by atoms with van der Waals surface area (Å²) < 4.78 is 12.9. The zero-order valence-corrected chi connectivity index (χ0v) is 11.0. The molecule has 0 spiro atoms. The highest BCUT2D eigenvalue weighted by Gasteiger charge is 2.24. The quantitative estimate of drug-likeness (QED) is 0.873. The summed E-state index contributed by atoms with van der Waals surface area (Å²) in [6.45, 7) is 3.67. The van der Waals surface area contributed by atoms with Gasteiger partial charge in [-0.25, -0.2) is 4.39 Å². The summed E-state index contributed by atoms with van der Waals surface area (Å²) in [5.74, 6) is -1.01. The van der Waals surface area contributed by atoms with Crippen LogP contribution in [0.3, 0.4) is 0 Å². The second kappa shape index (κ2) is 6.02. The molecule has 0 aromatic heterocycles. The Morgan fingerprint density at radius 1 is 1.42 bits per heavy atom. The summed E-state index contributed by atoms with van der Waals surface area (Å²) in [7, 11) is 0. The van der Waals surface area contributed by atoms with Crippen molar-refractivity contribution < 1.29 is 14.3 Å². The molecule has 0 radical (unpaired) electrons. The van der Waals surface area contributed by atoms with Crippen molar-refractivity contribution >= 4 is 11.7 Å². The topological polar surface area (TPSA) is 52.6 Å². The number of carbonyl (C=O) groups is 1. The smallest absolute Gasteiger partial charge is 0.303 e. The molecule has 1 aromatic carbocycles. The van der Waals surface area contributed by atoms with Gasteiger partial charge in [0.2, 0.25) is 0 Å². The summed E-state index contributed by atoms with van der Waals surface area (Å²) in [6.07, 6.45) is 0.777. The highest BCUT2D eigenvalue weighted by atomic mass is 19.1. The average Bonchev–Trinajstić information content (AvgIpc) is 2.36. The molecular formula is C14H19FN2O2. The second-order valence-electron chi connectivity index (χ2n) is 5.08. The normalized spacial score (nSPS) is 23.4. The maximum absolute atomic E-state index is 12.9. The SMILES string of the molecule is CC1CN(c2ccc(F)cc2)CC(CCC(=O)O)N1. The Labute approximate surface area is 112 Å². The van der Waals surface area contributed by atoms with Crippen molar-refractivity contribution in [2.45, 2.75) is 31.8 Å². The lowest BCUT2D eigenvalue weighted by Crippen LogP contribution is -2.55. The van der Waals surface area contributed by atoms with E-state index in [0.717, 1.165) is 18.8 Å². The van der Waals surface area contributed by atoms with Crippen LogP contribution in [0.25, 0.3) is 0 Å². The Hall–Kier alpha value is -1.62. The van der Waals surface area contributed by atoms with Gasteiger partial charge >= 0.3 is 5.97 Å². The number of nitrogens with one attached hydrogen (secondary N) is 1. The molecule has 1 saturated heterocycles. The van der Waals surface area contributed by atoms with E-state index in [9.17, 15) is 9.18 Å². The molecular weight excluding hydrogens is 247 g/mol. The molecule has 2 unspecified atom stereocenters. The van der Waals surface area contributed by atoms with Crippen LogP contribution >= 0.6 is 0 Å². The molecule has 0 bridgehead atoms. The minimum absolute atomic E-state index is 0.157. The van der Waals surface area contributed by atoms with E-state index in [0.29, 0.717) is 6.42 Å². The van der Waals surface area contributed by atoms with Gasteiger partial charge in [0.25, 0.3) is 0 Å². The van der Waals surface area contributed by atoms with Gasteiger partial charge in [-0.15, -0.1) is 0 Å². The van der Waals surface area contributed by atoms with Gasteiger partial charge in [0, 0.05) is 37.3 Å². The number of carboxylic acids is 1. The first kappa shape index (κ1) is 13.8. The fraction of sp³-hybridized carbons (Fsp3) is 0.500. The monoisotopic (exact) mass is 266 g/mol. The van der Waals surface area contributed by atoms with E-state index in [1.54, 1.807) is 12.1 Å². The van der Waals surface area contributed by atoms with Crippen molar-refractivity contribution in [3.05, 3.63) is 30.1 Å². The van der Waals surface area contributed by atoms with Gasteiger partial charge in [-0.1, -0.05) is 0 Å². The highest BCUT2D eigenvalue weighted by molar-refractivity contribution is 5.66. The van der Waals surface area contributed by atoms with Crippen LogP contribution < -0.4 is 10.2 Å². The Morgan fingerprint density at radius 2 is 2.11 bits per heavy atom. The summed E-state index contributed by atoms with van der Waals surface area (Å²) in [5.41, 5.74) is 0.982. The first-order valence-corrected chi connectivity index (χ1v) is 6.53. The molecule has 1 aliphatic heterocycles. The maximum atomic E-state index is 12.9. The zero-order chi connectivity index (χ0) is 13.8. The molecule has 104 valence electrons. The van der Waals surface area contributed by atoms with Crippen LogP contribution in [0.4, 0.5) is 10.1 Å². The number of carboxylic acid groups (broad SMARTS) is 1. The van der Waals surface area contributed by atoms with E-state index in [-0.39, 0.29) is 24.3 Å². The molecule has 1 aliphatic rings. The number of piperazine rings is 1. The second-order valence-corrected chi connectivity index (χ2v) is 5.08. The number of hydrogen-bond donors (Lipinski definition) is 2. The van der Waals surface area contributed by atoms with Crippen LogP contribution in [0.5, 0.6) is 0 Å². The van der Waals surface area contributed by atoms with Crippen molar-refractivity contribution in [3.8, 4) is 0 Å². The third-order valence-electron chi connectivity index (χ3n) is 3.35. The number of benzene rings is 1. The first-order valence-electron chi connectivity index (χ1n) is 6.53. The Kier molecular flexibility index (Phi) is 4.37. The van der Waals surface area contributed by atoms with Crippen molar-refractivity contribution in [3.63, 3.8) is 0 Å². The number of aliphatic carboxylic acids is 1. The van der Waals surface area contributed by atoms with Crippen LogP contribution in [0.2, 0.25) is 0 Å². The molecule has 2 rings (SSSR count). The average molecular weight is 266 g/mol. The highest BCUT2D eigenvalue weighted by Crippen LogP contribution is 2.19. The number of nitrogens with zero attached hydrogens (tertiary/aromatic N) is 1. The summed E-state index contributed by atoms with van der Waals surface area (Å²) in [5, 5.41) is 12.1. The molecule has 0 aliphatic carbocycles. The summed E-state index contributed by atoms with van der Waals surface area (Å²) in [4.78, 5) is 12.8. The van der Waals surface area contributed by atoms with Crippen LogP contribution in [0.1, 0.15) is 19.8 Å². The number of anilines is 1. The molecule has 0 amide bonds. The molecule has 1 aromatic rings. The number of hydrogen-bond acceptors (Lipinski definition) is 3. The maximum Gasteiger partial charge on any atom is 0.303 e. The van der Waals surface area contributed by atoms with Crippen molar-refractivity contribution in [1.82, 2.24) is 5.32 Å². The fourth-order valence-corrected chi connectivity index (χ4v) is 2.51. The number of halogens is 1. The molecule has 1 fully saturated rings. The number of rotatable bonds is 4. The van der Waals surface area contributed by atoms with Gasteiger partial charge in [0.15, 0.2) is 0 Å². The lowest BCUT2D eigenvalue weighted by atomic mass is 10.0. The van der Waals surface area contributed by atoms with Crippen LogP contribution in [0.15, 0.2) is 24.3 Å². The van der Waals surface area contributed by atoms with Gasteiger partial charge in [-0.05, 0) is 37.6 Å². The van der Waals surface area contributed by atoms with Crippen molar-refractivity contribution in [2.75, 3.05) is 18.0 Å². The third-order valence-corrected chi connectivity index (χ3v) is 3.35. The van der Waals surface area contributed by atoms with Gasteiger partial charge in [-0.2, -0.15) is 0 Å². The van der Waals surface area contributed by atoms with E-state index in [4.69, 9.17) is 5.11 Å².